The van der Waals surface area contributed by atoms with Gasteiger partial charge in [-0.3, -0.25) is 0 Å². The monoisotopic (exact) mass is 217 g/mol. The standard InChI is InChI=1S/C15H23N/c1-2-14(15-8-10-16-11-9-15)12-13-6-4-3-5-7-13/h3-7,14-16H,2,8-12H2,1H3. The zero-order chi connectivity index (χ0) is 11.2. The third-order valence-electron chi connectivity index (χ3n) is 3.92. The summed E-state index contributed by atoms with van der Waals surface area (Å²) in [5.41, 5.74) is 1.51. The minimum absolute atomic E-state index is 0.879. The number of nitrogens with one attached hydrogen (secondary N) is 1. The van der Waals surface area contributed by atoms with Crippen molar-refractivity contribution >= 4 is 0 Å². The highest BCUT2D eigenvalue weighted by molar-refractivity contribution is 5.15. The van der Waals surface area contributed by atoms with E-state index in [0.717, 1.165) is 11.8 Å². The van der Waals surface area contributed by atoms with Crippen molar-refractivity contribution in [2.75, 3.05) is 13.1 Å². The number of benzene rings is 1. The predicted octanol–water partition coefficient (Wildman–Crippen LogP) is 3.25. The lowest BCUT2D eigenvalue weighted by Gasteiger charge is -2.30. The summed E-state index contributed by atoms with van der Waals surface area (Å²) in [5.74, 6) is 1.82. The van der Waals surface area contributed by atoms with Crippen LogP contribution in [-0.2, 0) is 6.42 Å². The van der Waals surface area contributed by atoms with Crippen LogP contribution < -0.4 is 5.32 Å². The molecule has 0 amide bonds. The second-order valence-electron chi connectivity index (χ2n) is 4.95. The van der Waals surface area contributed by atoms with Crippen molar-refractivity contribution in [3.8, 4) is 0 Å². The Morgan fingerprint density at radius 1 is 1.19 bits per heavy atom. The SMILES string of the molecule is CCC(Cc1ccccc1)C1CCNCC1. The summed E-state index contributed by atoms with van der Waals surface area (Å²) < 4.78 is 0. The number of rotatable bonds is 4. The van der Waals surface area contributed by atoms with E-state index in [-0.39, 0.29) is 0 Å². The first-order chi connectivity index (χ1) is 7.90. The largest absolute Gasteiger partial charge is 0.317 e. The van der Waals surface area contributed by atoms with Gasteiger partial charge in [0.15, 0.2) is 0 Å². The van der Waals surface area contributed by atoms with E-state index in [0.29, 0.717) is 0 Å². The molecule has 1 aromatic rings. The Morgan fingerprint density at radius 2 is 1.88 bits per heavy atom. The Labute approximate surface area is 99.3 Å². The fourth-order valence-electron chi connectivity index (χ4n) is 2.88. The average Bonchev–Trinajstić information content (AvgIpc) is 2.38. The smallest absolute Gasteiger partial charge is 0.00462 e. The third kappa shape index (κ3) is 3.08. The maximum absolute atomic E-state index is 3.46. The van der Waals surface area contributed by atoms with Crippen LogP contribution in [0.25, 0.3) is 0 Å². The van der Waals surface area contributed by atoms with Crippen molar-refractivity contribution in [3.63, 3.8) is 0 Å². The molecular formula is C15H23N. The van der Waals surface area contributed by atoms with Crippen LogP contribution in [0.5, 0.6) is 0 Å². The molecule has 1 fully saturated rings. The molecule has 2 rings (SSSR count). The maximum atomic E-state index is 3.46. The van der Waals surface area contributed by atoms with Crippen molar-refractivity contribution in [1.29, 1.82) is 0 Å². The molecule has 88 valence electrons. The number of hydrogen-bond donors (Lipinski definition) is 1. The normalized spacial score (nSPS) is 19.6. The molecule has 1 aliphatic heterocycles. The van der Waals surface area contributed by atoms with Gasteiger partial charge >= 0.3 is 0 Å². The molecule has 1 nitrogen and oxygen atoms in total. The van der Waals surface area contributed by atoms with Crippen LogP contribution in [0.1, 0.15) is 31.7 Å². The van der Waals surface area contributed by atoms with Gasteiger partial charge in [0.25, 0.3) is 0 Å². The Bertz CT molecular complexity index is 288. The van der Waals surface area contributed by atoms with Crippen LogP contribution in [-0.4, -0.2) is 13.1 Å². The molecule has 1 heteroatoms. The van der Waals surface area contributed by atoms with Gasteiger partial charge in [-0.1, -0.05) is 43.7 Å². The molecule has 16 heavy (non-hydrogen) atoms. The van der Waals surface area contributed by atoms with Gasteiger partial charge in [-0.2, -0.15) is 0 Å². The fourth-order valence-corrected chi connectivity index (χ4v) is 2.88. The topological polar surface area (TPSA) is 12.0 Å². The van der Waals surface area contributed by atoms with E-state index >= 15 is 0 Å². The zero-order valence-electron chi connectivity index (χ0n) is 10.3. The minimum atomic E-state index is 0.879. The molecule has 1 atom stereocenters. The fraction of sp³-hybridized carbons (Fsp3) is 0.600. The van der Waals surface area contributed by atoms with E-state index in [2.05, 4.69) is 42.6 Å². The summed E-state index contributed by atoms with van der Waals surface area (Å²) in [7, 11) is 0. The molecule has 1 aromatic carbocycles. The molecule has 0 aromatic heterocycles. The Hall–Kier alpha value is -0.820. The van der Waals surface area contributed by atoms with Gasteiger partial charge in [0.05, 0.1) is 0 Å². The molecule has 1 aliphatic rings. The van der Waals surface area contributed by atoms with E-state index in [1.807, 2.05) is 0 Å². The molecular weight excluding hydrogens is 194 g/mol. The molecule has 0 aliphatic carbocycles. The summed E-state index contributed by atoms with van der Waals surface area (Å²) >= 11 is 0. The lowest BCUT2D eigenvalue weighted by molar-refractivity contribution is 0.251. The molecule has 1 heterocycles. The molecule has 1 N–H and O–H groups in total. The van der Waals surface area contributed by atoms with Crippen LogP contribution in [0.2, 0.25) is 0 Å². The van der Waals surface area contributed by atoms with Crippen LogP contribution in [0.4, 0.5) is 0 Å². The first kappa shape index (κ1) is 11.7. The van der Waals surface area contributed by atoms with Gasteiger partial charge < -0.3 is 5.32 Å². The van der Waals surface area contributed by atoms with Gasteiger partial charge in [0.2, 0.25) is 0 Å². The molecule has 1 saturated heterocycles. The summed E-state index contributed by atoms with van der Waals surface area (Å²) in [5, 5.41) is 3.46. The highest BCUT2D eigenvalue weighted by atomic mass is 14.9. The lowest BCUT2D eigenvalue weighted by Crippen LogP contribution is -2.32. The van der Waals surface area contributed by atoms with Crippen molar-refractivity contribution in [2.45, 2.75) is 32.6 Å². The van der Waals surface area contributed by atoms with Gasteiger partial charge in [0, 0.05) is 0 Å². The maximum Gasteiger partial charge on any atom is -0.00462 e. The van der Waals surface area contributed by atoms with Crippen LogP contribution >= 0.6 is 0 Å². The first-order valence-electron chi connectivity index (χ1n) is 6.64. The molecule has 0 bridgehead atoms. The molecule has 0 spiro atoms. The second-order valence-corrected chi connectivity index (χ2v) is 4.95. The van der Waals surface area contributed by atoms with Crippen molar-refractivity contribution in [3.05, 3.63) is 35.9 Å². The van der Waals surface area contributed by atoms with Crippen molar-refractivity contribution in [1.82, 2.24) is 5.32 Å². The average molecular weight is 217 g/mol. The Balaban J connectivity index is 1.94. The highest BCUT2D eigenvalue weighted by Crippen LogP contribution is 2.27. The minimum Gasteiger partial charge on any atom is -0.317 e. The van der Waals surface area contributed by atoms with Gasteiger partial charge in [-0.05, 0) is 49.8 Å². The van der Waals surface area contributed by atoms with Gasteiger partial charge in [-0.15, -0.1) is 0 Å². The Morgan fingerprint density at radius 3 is 2.50 bits per heavy atom. The molecule has 1 unspecified atom stereocenters. The second kappa shape index (κ2) is 6.05. The summed E-state index contributed by atoms with van der Waals surface area (Å²) in [4.78, 5) is 0. The summed E-state index contributed by atoms with van der Waals surface area (Å²) in [6, 6.07) is 11.0. The van der Waals surface area contributed by atoms with Crippen LogP contribution in [0.3, 0.4) is 0 Å². The van der Waals surface area contributed by atoms with E-state index in [1.54, 1.807) is 0 Å². The summed E-state index contributed by atoms with van der Waals surface area (Å²) in [6.07, 6.45) is 5.32. The predicted molar refractivity (Wildman–Crippen MR) is 69.5 cm³/mol. The number of hydrogen-bond acceptors (Lipinski definition) is 1. The number of piperidine rings is 1. The van der Waals surface area contributed by atoms with Crippen LogP contribution in [0.15, 0.2) is 30.3 Å². The van der Waals surface area contributed by atoms with Gasteiger partial charge in [0.1, 0.15) is 0 Å². The van der Waals surface area contributed by atoms with E-state index in [9.17, 15) is 0 Å². The molecule has 0 radical (unpaired) electrons. The molecule has 0 saturated carbocycles. The lowest BCUT2D eigenvalue weighted by atomic mass is 9.80. The quantitative estimate of drug-likeness (QED) is 0.816. The van der Waals surface area contributed by atoms with E-state index in [1.165, 1.54) is 44.3 Å². The zero-order valence-corrected chi connectivity index (χ0v) is 10.3. The van der Waals surface area contributed by atoms with Crippen LogP contribution in [0, 0.1) is 11.8 Å². The van der Waals surface area contributed by atoms with Crippen molar-refractivity contribution < 1.29 is 0 Å². The Kier molecular flexibility index (Phi) is 4.41. The van der Waals surface area contributed by atoms with Crippen molar-refractivity contribution in [2.24, 2.45) is 11.8 Å². The first-order valence-corrected chi connectivity index (χ1v) is 6.64. The third-order valence-corrected chi connectivity index (χ3v) is 3.92. The van der Waals surface area contributed by atoms with E-state index < -0.39 is 0 Å². The summed E-state index contributed by atoms with van der Waals surface area (Å²) in [6.45, 7) is 4.78. The highest BCUT2D eigenvalue weighted by Gasteiger charge is 2.21. The van der Waals surface area contributed by atoms with E-state index in [4.69, 9.17) is 0 Å². The van der Waals surface area contributed by atoms with Gasteiger partial charge in [-0.25, -0.2) is 0 Å².